The molecular formula is C11H11ClO3S. The van der Waals surface area contributed by atoms with E-state index in [-0.39, 0.29) is 16.6 Å². The van der Waals surface area contributed by atoms with Crippen molar-refractivity contribution >= 4 is 25.5 Å². The Labute approximate surface area is 98.8 Å². The Hall–Kier alpha value is -0.870. The predicted octanol–water partition coefficient (Wildman–Crippen LogP) is 2.60. The van der Waals surface area contributed by atoms with E-state index in [0.717, 1.165) is 19.3 Å². The molecule has 1 fully saturated rings. The van der Waals surface area contributed by atoms with Crippen LogP contribution in [0.15, 0.2) is 29.2 Å². The highest BCUT2D eigenvalue weighted by Gasteiger charge is 2.26. The van der Waals surface area contributed by atoms with Crippen molar-refractivity contribution in [3.05, 3.63) is 29.8 Å². The summed E-state index contributed by atoms with van der Waals surface area (Å²) in [6, 6.07) is 5.79. The maximum absolute atomic E-state index is 11.8. The second kappa shape index (κ2) is 4.18. The number of ketones is 1. The van der Waals surface area contributed by atoms with Crippen LogP contribution < -0.4 is 0 Å². The first-order chi connectivity index (χ1) is 7.48. The van der Waals surface area contributed by atoms with Gasteiger partial charge in [-0.3, -0.25) is 4.79 Å². The summed E-state index contributed by atoms with van der Waals surface area (Å²) in [6.07, 6.45) is 2.98. The average molecular weight is 259 g/mol. The van der Waals surface area contributed by atoms with E-state index in [0.29, 0.717) is 5.56 Å². The molecule has 0 bridgehead atoms. The third kappa shape index (κ3) is 2.28. The quantitative estimate of drug-likeness (QED) is 0.619. The fourth-order valence-electron chi connectivity index (χ4n) is 1.69. The number of carbonyl (C=O) groups is 1. The van der Waals surface area contributed by atoms with E-state index < -0.39 is 9.05 Å². The molecule has 0 aliphatic heterocycles. The summed E-state index contributed by atoms with van der Waals surface area (Å²) in [6.45, 7) is 0. The normalized spacial score (nSPS) is 16.8. The van der Waals surface area contributed by atoms with Crippen LogP contribution in [0.4, 0.5) is 0 Å². The van der Waals surface area contributed by atoms with Crippen molar-refractivity contribution in [2.75, 3.05) is 0 Å². The van der Waals surface area contributed by atoms with Gasteiger partial charge < -0.3 is 0 Å². The minimum atomic E-state index is -3.70. The molecule has 2 rings (SSSR count). The van der Waals surface area contributed by atoms with Crippen molar-refractivity contribution in [1.29, 1.82) is 0 Å². The summed E-state index contributed by atoms with van der Waals surface area (Å²) in [5.74, 6) is 0.225. The average Bonchev–Trinajstić information content (AvgIpc) is 2.14. The number of hydrogen-bond acceptors (Lipinski definition) is 3. The van der Waals surface area contributed by atoms with Gasteiger partial charge in [0.05, 0.1) is 4.90 Å². The van der Waals surface area contributed by atoms with Crippen LogP contribution in [0, 0.1) is 5.92 Å². The standard InChI is InChI=1S/C11H11ClO3S/c12-16(14,15)10-6-4-9(5-7-10)11(13)8-2-1-3-8/h4-8H,1-3H2. The van der Waals surface area contributed by atoms with E-state index >= 15 is 0 Å². The van der Waals surface area contributed by atoms with Gasteiger partial charge in [0.2, 0.25) is 0 Å². The van der Waals surface area contributed by atoms with Crippen LogP contribution in [-0.4, -0.2) is 14.2 Å². The highest BCUT2D eigenvalue weighted by atomic mass is 35.7. The molecule has 1 aromatic carbocycles. The summed E-state index contributed by atoms with van der Waals surface area (Å²) in [7, 11) is 1.48. The Morgan fingerprint density at radius 1 is 1.19 bits per heavy atom. The van der Waals surface area contributed by atoms with Gasteiger partial charge in [-0.2, -0.15) is 0 Å². The fraction of sp³-hybridized carbons (Fsp3) is 0.364. The number of halogens is 1. The lowest BCUT2D eigenvalue weighted by atomic mass is 9.80. The molecule has 1 aromatic rings. The van der Waals surface area contributed by atoms with Crippen molar-refractivity contribution in [3.63, 3.8) is 0 Å². The second-order valence-electron chi connectivity index (χ2n) is 3.95. The van der Waals surface area contributed by atoms with Gasteiger partial charge in [0.1, 0.15) is 0 Å². The minimum absolute atomic E-state index is 0.0272. The number of hydrogen-bond donors (Lipinski definition) is 0. The highest BCUT2D eigenvalue weighted by molar-refractivity contribution is 8.13. The second-order valence-corrected chi connectivity index (χ2v) is 6.52. The third-order valence-electron chi connectivity index (χ3n) is 2.90. The van der Waals surface area contributed by atoms with Gasteiger partial charge in [0, 0.05) is 22.2 Å². The topological polar surface area (TPSA) is 51.2 Å². The maximum Gasteiger partial charge on any atom is 0.261 e. The number of rotatable bonds is 3. The van der Waals surface area contributed by atoms with Crippen molar-refractivity contribution in [2.24, 2.45) is 5.92 Å². The minimum Gasteiger partial charge on any atom is -0.294 e. The first kappa shape index (κ1) is 11.6. The molecule has 0 amide bonds. The zero-order chi connectivity index (χ0) is 11.8. The molecule has 0 unspecified atom stereocenters. The lowest BCUT2D eigenvalue weighted by molar-refractivity contribution is 0.0855. The molecule has 5 heteroatoms. The van der Waals surface area contributed by atoms with Gasteiger partial charge in [0.25, 0.3) is 9.05 Å². The van der Waals surface area contributed by atoms with Gasteiger partial charge in [-0.25, -0.2) is 8.42 Å². The predicted molar refractivity (Wildman–Crippen MR) is 61.2 cm³/mol. The molecule has 16 heavy (non-hydrogen) atoms. The lowest BCUT2D eigenvalue weighted by Gasteiger charge is -2.23. The van der Waals surface area contributed by atoms with Crippen LogP contribution in [0.25, 0.3) is 0 Å². The van der Waals surface area contributed by atoms with Crippen molar-refractivity contribution in [2.45, 2.75) is 24.2 Å². The zero-order valence-electron chi connectivity index (χ0n) is 8.52. The molecule has 0 radical (unpaired) electrons. The molecule has 0 atom stereocenters. The van der Waals surface area contributed by atoms with Crippen molar-refractivity contribution in [1.82, 2.24) is 0 Å². The van der Waals surface area contributed by atoms with Crippen LogP contribution in [-0.2, 0) is 9.05 Å². The van der Waals surface area contributed by atoms with E-state index in [4.69, 9.17) is 10.7 Å². The summed E-state index contributed by atoms with van der Waals surface area (Å²) < 4.78 is 22.0. The largest absolute Gasteiger partial charge is 0.294 e. The lowest BCUT2D eigenvalue weighted by Crippen LogP contribution is -2.21. The summed E-state index contributed by atoms with van der Waals surface area (Å²) in [5.41, 5.74) is 0.564. The van der Waals surface area contributed by atoms with E-state index in [1.165, 1.54) is 24.3 Å². The van der Waals surface area contributed by atoms with E-state index in [9.17, 15) is 13.2 Å². The smallest absolute Gasteiger partial charge is 0.261 e. The summed E-state index contributed by atoms with van der Waals surface area (Å²) in [5, 5.41) is 0. The monoisotopic (exact) mass is 258 g/mol. The zero-order valence-corrected chi connectivity index (χ0v) is 10.1. The van der Waals surface area contributed by atoms with Gasteiger partial charge in [-0.15, -0.1) is 0 Å². The van der Waals surface area contributed by atoms with Crippen molar-refractivity contribution in [3.8, 4) is 0 Å². The van der Waals surface area contributed by atoms with E-state index in [2.05, 4.69) is 0 Å². The van der Waals surface area contributed by atoms with Gasteiger partial charge in [0.15, 0.2) is 5.78 Å². The van der Waals surface area contributed by atoms with Crippen LogP contribution in [0.1, 0.15) is 29.6 Å². The third-order valence-corrected chi connectivity index (χ3v) is 4.27. The van der Waals surface area contributed by atoms with Gasteiger partial charge in [-0.05, 0) is 25.0 Å². The Bertz CT molecular complexity index is 501. The Morgan fingerprint density at radius 2 is 1.75 bits per heavy atom. The number of benzene rings is 1. The first-order valence-electron chi connectivity index (χ1n) is 5.07. The maximum atomic E-state index is 11.8. The molecule has 1 aliphatic carbocycles. The Balaban J connectivity index is 2.22. The Morgan fingerprint density at radius 3 is 2.12 bits per heavy atom. The molecule has 0 spiro atoms. The van der Waals surface area contributed by atoms with Crippen molar-refractivity contribution < 1.29 is 13.2 Å². The molecule has 0 aromatic heterocycles. The molecule has 1 aliphatic rings. The van der Waals surface area contributed by atoms with Gasteiger partial charge in [-0.1, -0.05) is 18.6 Å². The Kier molecular flexibility index (Phi) is 3.04. The summed E-state index contributed by atoms with van der Waals surface area (Å²) in [4.78, 5) is 11.8. The van der Waals surface area contributed by atoms with E-state index in [1.54, 1.807) is 0 Å². The summed E-state index contributed by atoms with van der Waals surface area (Å²) >= 11 is 0. The molecule has 1 saturated carbocycles. The molecule has 0 heterocycles. The van der Waals surface area contributed by atoms with Crippen LogP contribution >= 0.6 is 10.7 Å². The number of carbonyl (C=O) groups excluding carboxylic acids is 1. The van der Waals surface area contributed by atoms with Crippen LogP contribution in [0.3, 0.4) is 0 Å². The fourth-order valence-corrected chi connectivity index (χ4v) is 2.46. The molecule has 3 nitrogen and oxygen atoms in total. The highest BCUT2D eigenvalue weighted by Crippen LogP contribution is 2.30. The molecule has 0 saturated heterocycles. The molecule has 86 valence electrons. The number of Topliss-reactive ketones (excluding diaryl/α,β-unsaturated/α-hetero) is 1. The first-order valence-corrected chi connectivity index (χ1v) is 7.38. The van der Waals surface area contributed by atoms with Crippen LogP contribution in [0.5, 0.6) is 0 Å². The van der Waals surface area contributed by atoms with Gasteiger partial charge >= 0.3 is 0 Å². The van der Waals surface area contributed by atoms with Crippen LogP contribution in [0.2, 0.25) is 0 Å². The molecule has 0 N–H and O–H groups in total. The van der Waals surface area contributed by atoms with E-state index in [1.807, 2.05) is 0 Å². The molecular weight excluding hydrogens is 248 g/mol. The SMILES string of the molecule is O=C(c1ccc(S(=O)(=O)Cl)cc1)C1CCC1.